The van der Waals surface area contributed by atoms with E-state index in [4.69, 9.17) is 4.52 Å². The van der Waals surface area contributed by atoms with Crippen LogP contribution < -0.4 is 5.32 Å². The summed E-state index contributed by atoms with van der Waals surface area (Å²) in [5, 5.41) is 7.00. The second-order valence-corrected chi connectivity index (χ2v) is 9.00. The zero-order valence-electron chi connectivity index (χ0n) is 19.4. The largest absolute Gasteiger partial charge is 0.356 e. The lowest BCUT2D eigenvalue weighted by atomic mass is 9.79. The van der Waals surface area contributed by atoms with Crippen LogP contribution in [0.5, 0.6) is 0 Å². The molecule has 3 heterocycles. The predicted octanol–water partition coefficient (Wildman–Crippen LogP) is 4.07. The van der Waals surface area contributed by atoms with E-state index in [9.17, 15) is 9.59 Å². The molecule has 0 unspecified atom stereocenters. The first-order valence-electron chi connectivity index (χ1n) is 11.5. The number of nitrogens with one attached hydrogen (secondary N) is 1. The average Bonchev–Trinajstić information content (AvgIpc) is 3.48. The summed E-state index contributed by atoms with van der Waals surface area (Å²) in [6.45, 7) is 7.30. The maximum atomic E-state index is 13.2. The van der Waals surface area contributed by atoms with Gasteiger partial charge >= 0.3 is 0 Å². The maximum Gasteiger partial charge on any atom is 0.292 e. The minimum absolute atomic E-state index is 0.0185. The third kappa shape index (κ3) is 4.82. The van der Waals surface area contributed by atoms with Crippen molar-refractivity contribution in [1.29, 1.82) is 0 Å². The van der Waals surface area contributed by atoms with E-state index in [-0.39, 0.29) is 23.5 Å². The Hall–Kier alpha value is -3.48. The SMILES string of the molecule is CCNC(=O)[C@]1(Cc2cccc(-c3ccncc3)c2)CCN(C(=O)c2cc(C(C)C)no2)C1. The number of hydrogen-bond acceptors (Lipinski definition) is 5. The van der Waals surface area contributed by atoms with E-state index in [1.807, 2.05) is 45.0 Å². The number of nitrogens with zero attached hydrogens (tertiary/aromatic N) is 3. The fourth-order valence-corrected chi connectivity index (χ4v) is 4.42. The van der Waals surface area contributed by atoms with Gasteiger partial charge in [-0.2, -0.15) is 0 Å². The van der Waals surface area contributed by atoms with Crippen LogP contribution in [-0.2, 0) is 11.2 Å². The van der Waals surface area contributed by atoms with Gasteiger partial charge in [0, 0.05) is 38.1 Å². The highest BCUT2D eigenvalue weighted by Gasteiger charge is 2.46. The monoisotopic (exact) mass is 446 g/mol. The molecular weight excluding hydrogens is 416 g/mol. The number of benzene rings is 1. The molecule has 1 saturated heterocycles. The minimum Gasteiger partial charge on any atom is -0.356 e. The van der Waals surface area contributed by atoms with Gasteiger partial charge in [-0.3, -0.25) is 14.6 Å². The van der Waals surface area contributed by atoms with Crippen molar-refractivity contribution in [3.63, 3.8) is 0 Å². The summed E-state index contributed by atoms with van der Waals surface area (Å²) >= 11 is 0. The number of amides is 2. The van der Waals surface area contributed by atoms with Crippen LogP contribution in [0.3, 0.4) is 0 Å². The molecule has 33 heavy (non-hydrogen) atoms. The molecule has 1 aliphatic heterocycles. The molecule has 1 N–H and O–H groups in total. The zero-order chi connectivity index (χ0) is 23.4. The second-order valence-electron chi connectivity index (χ2n) is 9.00. The summed E-state index contributed by atoms with van der Waals surface area (Å²) in [5.41, 5.74) is 3.28. The molecule has 3 aromatic rings. The van der Waals surface area contributed by atoms with Gasteiger partial charge in [0.15, 0.2) is 0 Å². The van der Waals surface area contributed by atoms with Gasteiger partial charge in [-0.25, -0.2) is 0 Å². The van der Waals surface area contributed by atoms with E-state index in [0.717, 1.165) is 22.4 Å². The van der Waals surface area contributed by atoms with Crippen LogP contribution in [0.1, 0.15) is 54.9 Å². The van der Waals surface area contributed by atoms with Crippen molar-refractivity contribution in [1.82, 2.24) is 20.4 Å². The van der Waals surface area contributed by atoms with E-state index in [1.165, 1.54) is 0 Å². The Morgan fingerprint density at radius 2 is 1.94 bits per heavy atom. The van der Waals surface area contributed by atoms with E-state index < -0.39 is 5.41 Å². The zero-order valence-corrected chi connectivity index (χ0v) is 19.4. The molecule has 1 fully saturated rings. The first-order valence-corrected chi connectivity index (χ1v) is 11.5. The van der Waals surface area contributed by atoms with Crippen molar-refractivity contribution in [2.75, 3.05) is 19.6 Å². The van der Waals surface area contributed by atoms with E-state index >= 15 is 0 Å². The van der Waals surface area contributed by atoms with Crippen molar-refractivity contribution >= 4 is 11.8 Å². The molecule has 2 amide bonds. The standard InChI is InChI=1S/C26H30N4O3/c1-4-28-25(32)26(16-19-6-5-7-21(14-19)20-8-11-27-12-9-20)10-13-30(17-26)24(31)23-15-22(18(2)3)29-33-23/h5-9,11-12,14-15,18H,4,10,13,16-17H2,1-3H3,(H,28,32)/t26-/m0/s1. The van der Waals surface area contributed by atoms with E-state index in [0.29, 0.717) is 32.5 Å². The summed E-state index contributed by atoms with van der Waals surface area (Å²) < 4.78 is 5.31. The number of carbonyl (C=O) groups excluding carboxylic acids is 2. The topological polar surface area (TPSA) is 88.3 Å². The fourth-order valence-electron chi connectivity index (χ4n) is 4.42. The van der Waals surface area contributed by atoms with Gasteiger partial charge in [0.2, 0.25) is 11.7 Å². The number of pyridine rings is 1. The summed E-state index contributed by atoms with van der Waals surface area (Å²) in [4.78, 5) is 32.1. The van der Waals surface area contributed by atoms with Crippen LogP contribution in [0.25, 0.3) is 11.1 Å². The number of aromatic nitrogens is 2. The Bertz CT molecular complexity index is 1130. The van der Waals surface area contributed by atoms with Crippen LogP contribution in [0.15, 0.2) is 59.4 Å². The van der Waals surface area contributed by atoms with Crippen molar-refractivity contribution in [3.05, 3.63) is 71.9 Å². The van der Waals surface area contributed by atoms with Crippen LogP contribution in [0.4, 0.5) is 0 Å². The van der Waals surface area contributed by atoms with E-state index in [1.54, 1.807) is 23.4 Å². The number of carbonyl (C=O) groups is 2. The molecule has 2 aromatic heterocycles. The fraction of sp³-hybridized carbons (Fsp3) is 0.385. The Balaban J connectivity index is 1.58. The number of rotatable bonds is 7. The van der Waals surface area contributed by atoms with Gasteiger partial charge in [0.25, 0.3) is 5.91 Å². The quantitative estimate of drug-likeness (QED) is 0.591. The first-order chi connectivity index (χ1) is 15.9. The van der Waals surface area contributed by atoms with Crippen LogP contribution in [-0.4, -0.2) is 46.5 Å². The molecule has 7 nitrogen and oxygen atoms in total. The first kappa shape index (κ1) is 22.7. The average molecular weight is 447 g/mol. The molecule has 1 aliphatic rings. The lowest BCUT2D eigenvalue weighted by Gasteiger charge is -2.28. The lowest BCUT2D eigenvalue weighted by molar-refractivity contribution is -0.130. The van der Waals surface area contributed by atoms with Crippen molar-refractivity contribution in [3.8, 4) is 11.1 Å². The third-order valence-electron chi connectivity index (χ3n) is 6.27. The van der Waals surface area contributed by atoms with Gasteiger partial charge in [-0.1, -0.05) is 43.3 Å². The van der Waals surface area contributed by atoms with Gasteiger partial charge in [0.1, 0.15) is 0 Å². The molecule has 0 bridgehead atoms. The van der Waals surface area contributed by atoms with Gasteiger partial charge in [-0.15, -0.1) is 0 Å². The number of likely N-dealkylation sites (tertiary alicyclic amines) is 1. The molecule has 0 radical (unpaired) electrons. The van der Waals surface area contributed by atoms with Crippen molar-refractivity contribution in [2.45, 2.75) is 39.5 Å². The lowest BCUT2D eigenvalue weighted by Crippen LogP contribution is -2.45. The molecule has 1 atom stereocenters. The van der Waals surface area contributed by atoms with Gasteiger partial charge in [0.05, 0.1) is 11.1 Å². The molecule has 0 saturated carbocycles. The highest BCUT2D eigenvalue weighted by atomic mass is 16.5. The smallest absolute Gasteiger partial charge is 0.292 e. The highest BCUT2D eigenvalue weighted by Crippen LogP contribution is 2.36. The summed E-state index contributed by atoms with van der Waals surface area (Å²) in [6, 6.07) is 13.9. The van der Waals surface area contributed by atoms with Crippen LogP contribution >= 0.6 is 0 Å². The molecule has 0 spiro atoms. The third-order valence-corrected chi connectivity index (χ3v) is 6.27. The minimum atomic E-state index is -0.691. The van der Waals surface area contributed by atoms with Crippen molar-refractivity contribution < 1.29 is 14.1 Å². The molecule has 4 rings (SSSR count). The molecule has 172 valence electrons. The molecule has 0 aliphatic carbocycles. The van der Waals surface area contributed by atoms with Crippen LogP contribution in [0.2, 0.25) is 0 Å². The maximum absolute atomic E-state index is 13.2. The Morgan fingerprint density at radius 3 is 2.64 bits per heavy atom. The number of hydrogen-bond donors (Lipinski definition) is 1. The normalized spacial score (nSPS) is 18.0. The van der Waals surface area contributed by atoms with Crippen LogP contribution in [0, 0.1) is 5.41 Å². The molecule has 1 aromatic carbocycles. The summed E-state index contributed by atoms with van der Waals surface area (Å²) in [7, 11) is 0. The van der Waals surface area contributed by atoms with Gasteiger partial charge in [-0.05, 0) is 54.5 Å². The van der Waals surface area contributed by atoms with Gasteiger partial charge < -0.3 is 14.7 Å². The Morgan fingerprint density at radius 1 is 1.15 bits per heavy atom. The summed E-state index contributed by atoms with van der Waals surface area (Å²) in [5.74, 6) is 0.169. The molecular formula is C26H30N4O3. The second kappa shape index (κ2) is 9.57. The molecule has 7 heteroatoms. The van der Waals surface area contributed by atoms with E-state index in [2.05, 4.69) is 27.6 Å². The predicted molar refractivity (Wildman–Crippen MR) is 126 cm³/mol. The summed E-state index contributed by atoms with van der Waals surface area (Å²) in [6.07, 6.45) is 4.68. The Kier molecular flexibility index (Phi) is 6.58. The highest BCUT2D eigenvalue weighted by molar-refractivity contribution is 5.93. The Labute approximate surface area is 194 Å². The van der Waals surface area contributed by atoms with Crippen molar-refractivity contribution in [2.24, 2.45) is 5.41 Å².